The summed E-state index contributed by atoms with van der Waals surface area (Å²) in [5.41, 5.74) is 4.01. The summed E-state index contributed by atoms with van der Waals surface area (Å²) in [4.78, 5) is 12.5. The van der Waals surface area contributed by atoms with Gasteiger partial charge in [-0.1, -0.05) is 17.7 Å². The Morgan fingerprint density at radius 3 is 2.74 bits per heavy atom. The molecule has 1 aromatic heterocycles. The number of carbonyl (C=O) groups is 1. The third-order valence-electron chi connectivity index (χ3n) is 3.78. The molecule has 0 saturated carbocycles. The average Bonchev–Trinajstić information content (AvgIpc) is 3.02. The van der Waals surface area contributed by atoms with Gasteiger partial charge in [-0.2, -0.15) is 15.4 Å². The van der Waals surface area contributed by atoms with Gasteiger partial charge in [0, 0.05) is 11.1 Å². The first kappa shape index (κ1) is 15.0. The van der Waals surface area contributed by atoms with Crippen LogP contribution in [0.25, 0.3) is 11.0 Å². The number of fused-ring (bicyclic) bond motifs is 1. The number of hydrogen-bond donors (Lipinski definition) is 2. The van der Waals surface area contributed by atoms with Gasteiger partial charge < -0.3 is 10.1 Å². The lowest BCUT2D eigenvalue weighted by atomic mass is 10.0. The van der Waals surface area contributed by atoms with Crippen molar-refractivity contribution in [3.8, 4) is 5.75 Å². The van der Waals surface area contributed by atoms with Gasteiger partial charge in [-0.25, -0.2) is 0 Å². The number of amides is 1. The smallest absolute Gasteiger partial charge is 0.251 e. The van der Waals surface area contributed by atoms with Crippen LogP contribution in [-0.2, 0) is 0 Å². The minimum absolute atomic E-state index is 0.161. The van der Waals surface area contributed by atoms with E-state index >= 15 is 0 Å². The number of aromatic nitrogens is 3. The maximum absolute atomic E-state index is 12.5. The van der Waals surface area contributed by atoms with Crippen molar-refractivity contribution in [1.82, 2.24) is 20.7 Å². The summed E-state index contributed by atoms with van der Waals surface area (Å²) in [6, 6.07) is 11.0. The lowest BCUT2D eigenvalue weighted by molar-refractivity contribution is 0.0939. The minimum atomic E-state index is -0.176. The molecule has 0 bridgehead atoms. The molecule has 0 aliphatic rings. The van der Waals surface area contributed by atoms with Gasteiger partial charge in [0.25, 0.3) is 5.91 Å². The predicted molar refractivity (Wildman–Crippen MR) is 87.5 cm³/mol. The summed E-state index contributed by atoms with van der Waals surface area (Å²) in [6.45, 7) is 3.94. The Balaban J connectivity index is 1.83. The zero-order valence-electron chi connectivity index (χ0n) is 13.3. The molecule has 0 aliphatic heterocycles. The van der Waals surface area contributed by atoms with E-state index in [0.717, 1.165) is 22.4 Å². The first-order valence-corrected chi connectivity index (χ1v) is 7.34. The topological polar surface area (TPSA) is 79.9 Å². The van der Waals surface area contributed by atoms with Crippen LogP contribution < -0.4 is 10.1 Å². The number of aromatic amines is 1. The van der Waals surface area contributed by atoms with Crippen LogP contribution in [0.15, 0.2) is 36.4 Å². The highest BCUT2D eigenvalue weighted by Gasteiger charge is 2.16. The molecule has 0 spiro atoms. The van der Waals surface area contributed by atoms with E-state index < -0.39 is 0 Å². The number of nitrogens with one attached hydrogen (secondary N) is 2. The van der Waals surface area contributed by atoms with E-state index in [4.69, 9.17) is 4.74 Å². The highest BCUT2D eigenvalue weighted by atomic mass is 16.5. The standard InChI is InChI=1S/C17H18N4O2/c1-10-4-7-16(23-3)13(8-10)11(2)18-17(22)12-5-6-14-15(9-12)20-21-19-14/h4-9,11H,1-3H3,(H,18,22)(H,19,20,21). The fraction of sp³-hybridized carbons (Fsp3) is 0.235. The lowest BCUT2D eigenvalue weighted by Crippen LogP contribution is -2.27. The molecule has 2 aromatic carbocycles. The summed E-state index contributed by atoms with van der Waals surface area (Å²) < 4.78 is 5.38. The van der Waals surface area contributed by atoms with Gasteiger partial charge in [-0.05, 0) is 38.1 Å². The fourth-order valence-electron chi connectivity index (χ4n) is 2.53. The van der Waals surface area contributed by atoms with Crippen LogP contribution in [0.3, 0.4) is 0 Å². The van der Waals surface area contributed by atoms with Crippen LogP contribution in [0.4, 0.5) is 0 Å². The van der Waals surface area contributed by atoms with E-state index in [-0.39, 0.29) is 11.9 Å². The van der Waals surface area contributed by atoms with Crippen molar-refractivity contribution in [3.05, 3.63) is 53.1 Å². The molecule has 0 fully saturated rings. The fourth-order valence-corrected chi connectivity index (χ4v) is 2.53. The minimum Gasteiger partial charge on any atom is -0.496 e. The third-order valence-corrected chi connectivity index (χ3v) is 3.78. The maximum atomic E-state index is 12.5. The van der Waals surface area contributed by atoms with E-state index in [1.165, 1.54) is 0 Å². The summed E-state index contributed by atoms with van der Waals surface area (Å²) in [7, 11) is 1.63. The van der Waals surface area contributed by atoms with Gasteiger partial charge in [0.05, 0.1) is 13.2 Å². The highest BCUT2D eigenvalue weighted by molar-refractivity contribution is 5.97. The molecule has 0 radical (unpaired) electrons. The van der Waals surface area contributed by atoms with E-state index in [9.17, 15) is 4.79 Å². The number of H-pyrrole nitrogens is 1. The van der Waals surface area contributed by atoms with Crippen LogP contribution in [0.1, 0.15) is 34.5 Å². The molecule has 6 nitrogen and oxygen atoms in total. The number of hydrogen-bond acceptors (Lipinski definition) is 4. The molecule has 23 heavy (non-hydrogen) atoms. The van der Waals surface area contributed by atoms with Crippen molar-refractivity contribution in [3.63, 3.8) is 0 Å². The number of nitrogens with zero attached hydrogens (tertiary/aromatic N) is 2. The number of methoxy groups -OCH3 is 1. The van der Waals surface area contributed by atoms with Crippen molar-refractivity contribution >= 4 is 16.9 Å². The molecule has 2 N–H and O–H groups in total. The first-order chi connectivity index (χ1) is 11.1. The number of ether oxygens (including phenoxy) is 1. The van der Waals surface area contributed by atoms with Crippen LogP contribution in [0.5, 0.6) is 5.75 Å². The van der Waals surface area contributed by atoms with Gasteiger partial charge in [0.2, 0.25) is 0 Å². The van der Waals surface area contributed by atoms with Gasteiger partial charge in [0.15, 0.2) is 0 Å². The molecule has 3 rings (SSSR count). The van der Waals surface area contributed by atoms with Crippen LogP contribution in [0.2, 0.25) is 0 Å². The Bertz CT molecular complexity index is 857. The third kappa shape index (κ3) is 3.01. The van der Waals surface area contributed by atoms with Crippen LogP contribution in [0, 0.1) is 6.92 Å². The Hall–Kier alpha value is -2.89. The van der Waals surface area contributed by atoms with Crippen molar-refractivity contribution in [1.29, 1.82) is 0 Å². The summed E-state index contributed by atoms with van der Waals surface area (Å²) >= 11 is 0. The molecule has 0 saturated heterocycles. The number of rotatable bonds is 4. The van der Waals surface area contributed by atoms with E-state index in [1.54, 1.807) is 25.3 Å². The van der Waals surface area contributed by atoms with Crippen molar-refractivity contribution in [2.24, 2.45) is 0 Å². The molecule has 1 atom stereocenters. The van der Waals surface area contributed by atoms with Crippen molar-refractivity contribution in [2.75, 3.05) is 7.11 Å². The number of benzene rings is 2. The van der Waals surface area contributed by atoms with Gasteiger partial charge in [-0.3, -0.25) is 4.79 Å². The monoisotopic (exact) mass is 310 g/mol. The second kappa shape index (κ2) is 6.08. The molecule has 1 amide bonds. The quantitative estimate of drug-likeness (QED) is 0.776. The second-order valence-electron chi connectivity index (χ2n) is 5.47. The highest BCUT2D eigenvalue weighted by Crippen LogP contribution is 2.26. The molecule has 0 aliphatic carbocycles. The molecule has 3 aromatic rings. The second-order valence-corrected chi connectivity index (χ2v) is 5.47. The van der Waals surface area contributed by atoms with Crippen molar-refractivity contribution < 1.29 is 9.53 Å². The lowest BCUT2D eigenvalue weighted by Gasteiger charge is -2.18. The van der Waals surface area contributed by atoms with Gasteiger partial charge in [-0.15, -0.1) is 0 Å². The van der Waals surface area contributed by atoms with E-state index in [2.05, 4.69) is 20.7 Å². The van der Waals surface area contributed by atoms with E-state index in [1.807, 2.05) is 32.0 Å². The van der Waals surface area contributed by atoms with Gasteiger partial charge >= 0.3 is 0 Å². The maximum Gasteiger partial charge on any atom is 0.251 e. The average molecular weight is 310 g/mol. The SMILES string of the molecule is COc1ccc(C)cc1C(C)NC(=O)c1ccc2n[nH]nc2c1. The molecule has 1 unspecified atom stereocenters. The molecule has 1 heterocycles. The summed E-state index contributed by atoms with van der Waals surface area (Å²) in [6.07, 6.45) is 0. The molecule has 6 heteroatoms. The zero-order valence-corrected chi connectivity index (χ0v) is 13.3. The molecular weight excluding hydrogens is 292 g/mol. The zero-order chi connectivity index (χ0) is 16.4. The Morgan fingerprint density at radius 1 is 1.17 bits per heavy atom. The van der Waals surface area contributed by atoms with Crippen LogP contribution in [-0.4, -0.2) is 28.4 Å². The Kier molecular flexibility index (Phi) is 3.97. The van der Waals surface area contributed by atoms with Crippen molar-refractivity contribution in [2.45, 2.75) is 19.9 Å². The largest absolute Gasteiger partial charge is 0.496 e. The predicted octanol–water partition coefficient (Wildman–Crippen LogP) is 2.77. The Labute approximate surface area is 133 Å². The molecular formula is C17H18N4O2. The normalized spacial score (nSPS) is 12.1. The Morgan fingerprint density at radius 2 is 1.96 bits per heavy atom. The molecule has 118 valence electrons. The summed E-state index contributed by atoms with van der Waals surface area (Å²) in [5, 5.41) is 13.5. The number of aryl methyl sites for hydroxylation is 1. The van der Waals surface area contributed by atoms with Gasteiger partial charge in [0.1, 0.15) is 16.8 Å². The summed E-state index contributed by atoms with van der Waals surface area (Å²) in [5.74, 6) is 0.598. The van der Waals surface area contributed by atoms with E-state index in [0.29, 0.717) is 11.1 Å². The van der Waals surface area contributed by atoms with Crippen LogP contribution >= 0.6 is 0 Å². The first-order valence-electron chi connectivity index (χ1n) is 7.34. The number of carbonyl (C=O) groups excluding carboxylic acids is 1.